The molecular weight excluding hydrogens is 283 g/mol. The molecule has 1 aliphatic carbocycles. The minimum atomic E-state index is 0.116. The van der Waals surface area contributed by atoms with Crippen molar-refractivity contribution in [3.63, 3.8) is 0 Å². The van der Waals surface area contributed by atoms with Gasteiger partial charge in [0.25, 0.3) is 0 Å². The van der Waals surface area contributed by atoms with Gasteiger partial charge in [0, 0.05) is 23.2 Å². The average Bonchev–Trinajstić information content (AvgIpc) is 2.41. The second kappa shape index (κ2) is 4.91. The smallest absolute Gasteiger partial charge is 0.166 e. The van der Waals surface area contributed by atoms with Crippen molar-refractivity contribution in [3.05, 3.63) is 45.7 Å². The van der Waals surface area contributed by atoms with Crippen LogP contribution < -0.4 is 0 Å². The molecule has 0 saturated heterocycles. The Bertz CT molecular complexity index is 670. The summed E-state index contributed by atoms with van der Waals surface area (Å²) in [5, 5.41) is 1.13. The fourth-order valence-corrected chi connectivity index (χ4v) is 2.56. The number of aromatic nitrogens is 2. The monoisotopic (exact) mass is 292 g/mol. The summed E-state index contributed by atoms with van der Waals surface area (Å²) in [6.45, 7) is 0. The van der Waals surface area contributed by atoms with Gasteiger partial charge in [0.05, 0.1) is 16.3 Å². The van der Waals surface area contributed by atoms with Crippen LogP contribution in [0.5, 0.6) is 0 Å². The van der Waals surface area contributed by atoms with E-state index in [1.165, 1.54) is 0 Å². The Hall–Kier alpha value is -1.45. The van der Waals surface area contributed by atoms with Crippen molar-refractivity contribution in [2.24, 2.45) is 0 Å². The van der Waals surface area contributed by atoms with E-state index in [0.29, 0.717) is 33.4 Å². The largest absolute Gasteiger partial charge is 0.294 e. The molecule has 5 heteroatoms. The molecule has 3 rings (SSSR count). The lowest BCUT2D eigenvalue weighted by atomic mass is 9.96. The number of nitrogens with zero attached hydrogens (tertiary/aromatic N) is 2. The van der Waals surface area contributed by atoms with Gasteiger partial charge in [-0.15, -0.1) is 0 Å². The van der Waals surface area contributed by atoms with Gasteiger partial charge in [0.15, 0.2) is 11.6 Å². The van der Waals surface area contributed by atoms with E-state index in [9.17, 15) is 4.79 Å². The molecule has 3 nitrogen and oxygen atoms in total. The first-order chi connectivity index (χ1) is 9.15. The molecule has 0 radical (unpaired) electrons. The summed E-state index contributed by atoms with van der Waals surface area (Å²) in [6, 6.07) is 5.17. The number of aryl methyl sites for hydroxylation is 1. The van der Waals surface area contributed by atoms with Crippen molar-refractivity contribution in [2.45, 2.75) is 19.3 Å². The van der Waals surface area contributed by atoms with Crippen LogP contribution >= 0.6 is 23.2 Å². The SMILES string of the molecule is O=C1CCCc2nc(-c3cc(Cl)ccc3Cl)ncc21. The summed E-state index contributed by atoms with van der Waals surface area (Å²) in [4.78, 5) is 20.4. The first-order valence-electron chi connectivity index (χ1n) is 5.99. The summed E-state index contributed by atoms with van der Waals surface area (Å²) >= 11 is 12.1. The minimum Gasteiger partial charge on any atom is -0.294 e. The first-order valence-corrected chi connectivity index (χ1v) is 6.75. The van der Waals surface area contributed by atoms with E-state index in [0.717, 1.165) is 18.5 Å². The van der Waals surface area contributed by atoms with Crippen molar-refractivity contribution < 1.29 is 4.79 Å². The quantitative estimate of drug-likeness (QED) is 0.799. The van der Waals surface area contributed by atoms with Gasteiger partial charge in [-0.2, -0.15) is 0 Å². The number of Topliss-reactive ketones (excluding diaryl/α,β-unsaturated/α-hetero) is 1. The Balaban J connectivity index is 2.11. The van der Waals surface area contributed by atoms with Crippen LogP contribution in [0.2, 0.25) is 10.0 Å². The second-order valence-corrected chi connectivity index (χ2v) is 5.30. The van der Waals surface area contributed by atoms with Crippen molar-refractivity contribution >= 4 is 29.0 Å². The molecular formula is C14H10Cl2N2O. The molecule has 96 valence electrons. The van der Waals surface area contributed by atoms with Crippen LogP contribution in [-0.2, 0) is 6.42 Å². The molecule has 1 aromatic carbocycles. The van der Waals surface area contributed by atoms with Gasteiger partial charge < -0.3 is 0 Å². The third-order valence-electron chi connectivity index (χ3n) is 3.15. The Labute approximate surface area is 120 Å². The van der Waals surface area contributed by atoms with Crippen LogP contribution in [0, 0.1) is 0 Å². The van der Waals surface area contributed by atoms with E-state index in [1.54, 1.807) is 24.4 Å². The molecule has 0 N–H and O–H groups in total. The highest BCUT2D eigenvalue weighted by Gasteiger charge is 2.20. The standard InChI is InChI=1S/C14H10Cl2N2O/c15-8-4-5-11(16)9(6-8)14-17-7-10-12(18-14)2-1-3-13(10)19/h4-7H,1-3H2. The fraction of sp³-hybridized carbons (Fsp3) is 0.214. The van der Waals surface area contributed by atoms with Crippen LogP contribution in [0.25, 0.3) is 11.4 Å². The third-order valence-corrected chi connectivity index (χ3v) is 3.72. The molecule has 1 aromatic heterocycles. The molecule has 0 fully saturated rings. The van der Waals surface area contributed by atoms with Gasteiger partial charge >= 0.3 is 0 Å². The molecule has 19 heavy (non-hydrogen) atoms. The van der Waals surface area contributed by atoms with E-state index in [2.05, 4.69) is 9.97 Å². The number of carbonyl (C=O) groups excluding carboxylic acids is 1. The summed E-state index contributed by atoms with van der Waals surface area (Å²) in [5.41, 5.74) is 2.13. The molecule has 2 aromatic rings. The predicted octanol–water partition coefficient (Wildman–Crippen LogP) is 3.97. The molecule has 0 bridgehead atoms. The summed E-state index contributed by atoms with van der Waals surface area (Å²) in [7, 11) is 0. The highest BCUT2D eigenvalue weighted by atomic mass is 35.5. The molecule has 0 atom stereocenters. The first kappa shape index (κ1) is 12.6. The zero-order valence-corrected chi connectivity index (χ0v) is 11.5. The Kier molecular flexibility index (Phi) is 3.25. The maximum Gasteiger partial charge on any atom is 0.166 e. The zero-order chi connectivity index (χ0) is 13.4. The topological polar surface area (TPSA) is 42.9 Å². The number of ketones is 1. The van der Waals surface area contributed by atoms with Gasteiger partial charge in [-0.1, -0.05) is 23.2 Å². The Morgan fingerprint density at radius 1 is 1.11 bits per heavy atom. The number of rotatable bonds is 1. The predicted molar refractivity (Wildman–Crippen MR) is 74.8 cm³/mol. The normalized spacial score (nSPS) is 14.3. The van der Waals surface area contributed by atoms with Crippen LogP contribution in [0.15, 0.2) is 24.4 Å². The number of carbonyl (C=O) groups is 1. The van der Waals surface area contributed by atoms with E-state index in [1.807, 2.05) is 0 Å². The highest BCUT2D eigenvalue weighted by molar-refractivity contribution is 6.35. The summed E-state index contributed by atoms with van der Waals surface area (Å²) in [6.07, 6.45) is 3.81. The highest BCUT2D eigenvalue weighted by Crippen LogP contribution is 2.29. The number of fused-ring (bicyclic) bond motifs is 1. The van der Waals surface area contributed by atoms with Gasteiger partial charge in [-0.25, -0.2) is 9.97 Å². The van der Waals surface area contributed by atoms with E-state index in [4.69, 9.17) is 23.2 Å². The van der Waals surface area contributed by atoms with Crippen LogP contribution in [0.3, 0.4) is 0 Å². The van der Waals surface area contributed by atoms with E-state index >= 15 is 0 Å². The Morgan fingerprint density at radius 2 is 1.95 bits per heavy atom. The third kappa shape index (κ3) is 2.36. The van der Waals surface area contributed by atoms with Crippen molar-refractivity contribution in [2.75, 3.05) is 0 Å². The minimum absolute atomic E-state index is 0.116. The van der Waals surface area contributed by atoms with Crippen molar-refractivity contribution in [3.8, 4) is 11.4 Å². The zero-order valence-electron chi connectivity index (χ0n) is 9.99. The molecule has 0 saturated carbocycles. The van der Waals surface area contributed by atoms with Crippen LogP contribution in [0.1, 0.15) is 28.9 Å². The van der Waals surface area contributed by atoms with E-state index in [-0.39, 0.29) is 5.78 Å². The van der Waals surface area contributed by atoms with Crippen molar-refractivity contribution in [1.82, 2.24) is 9.97 Å². The number of hydrogen-bond acceptors (Lipinski definition) is 3. The van der Waals surface area contributed by atoms with Gasteiger partial charge in [-0.05, 0) is 31.0 Å². The lowest BCUT2D eigenvalue weighted by Gasteiger charge is -2.14. The van der Waals surface area contributed by atoms with Crippen LogP contribution in [-0.4, -0.2) is 15.8 Å². The number of halogens is 2. The van der Waals surface area contributed by atoms with Gasteiger partial charge in [-0.3, -0.25) is 4.79 Å². The molecule has 0 spiro atoms. The summed E-state index contributed by atoms with van der Waals surface area (Å²) in [5.74, 6) is 0.631. The average molecular weight is 293 g/mol. The van der Waals surface area contributed by atoms with Gasteiger partial charge in [0.2, 0.25) is 0 Å². The fourth-order valence-electron chi connectivity index (χ4n) is 2.19. The van der Waals surface area contributed by atoms with Crippen molar-refractivity contribution in [1.29, 1.82) is 0 Å². The lowest BCUT2D eigenvalue weighted by molar-refractivity contribution is 0.0971. The number of benzene rings is 1. The number of hydrogen-bond donors (Lipinski definition) is 0. The molecule has 0 amide bonds. The molecule has 1 aliphatic rings. The van der Waals surface area contributed by atoms with Crippen LogP contribution in [0.4, 0.5) is 0 Å². The molecule has 1 heterocycles. The Morgan fingerprint density at radius 3 is 2.79 bits per heavy atom. The second-order valence-electron chi connectivity index (χ2n) is 4.45. The molecule has 0 aliphatic heterocycles. The lowest BCUT2D eigenvalue weighted by Crippen LogP contribution is -2.13. The maximum atomic E-state index is 11.7. The van der Waals surface area contributed by atoms with Gasteiger partial charge in [0.1, 0.15) is 0 Å². The maximum absolute atomic E-state index is 11.7. The summed E-state index contributed by atoms with van der Waals surface area (Å²) < 4.78 is 0. The van der Waals surface area contributed by atoms with E-state index < -0.39 is 0 Å². The molecule has 0 unspecified atom stereocenters.